The number of sulfonamides is 1. The molecule has 0 bridgehead atoms. The molecule has 3 aromatic rings. The number of anilines is 1. The van der Waals surface area contributed by atoms with Crippen LogP contribution in [0.2, 0.25) is 0 Å². The van der Waals surface area contributed by atoms with Gasteiger partial charge in [0.05, 0.1) is 11.9 Å². The van der Waals surface area contributed by atoms with E-state index in [1.54, 1.807) is 24.3 Å². The number of hydrogen-bond donors (Lipinski definition) is 1. The van der Waals surface area contributed by atoms with Crippen LogP contribution in [0.3, 0.4) is 0 Å². The molecule has 0 aromatic heterocycles. The quantitative estimate of drug-likeness (QED) is 0.419. The van der Waals surface area contributed by atoms with Gasteiger partial charge in [-0.2, -0.15) is 0 Å². The summed E-state index contributed by atoms with van der Waals surface area (Å²) in [7, 11) is -3.78. The molecule has 0 aliphatic rings. The summed E-state index contributed by atoms with van der Waals surface area (Å²) < 4.78 is 26.7. The molecule has 0 aliphatic carbocycles. The van der Waals surface area contributed by atoms with Gasteiger partial charge in [-0.25, -0.2) is 8.42 Å². The first-order chi connectivity index (χ1) is 17.8. The van der Waals surface area contributed by atoms with Crippen molar-refractivity contribution in [2.24, 2.45) is 0 Å². The normalized spacial score (nSPS) is 12.4. The summed E-state index contributed by atoms with van der Waals surface area (Å²) >= 11 is 0. The fraction of sp³-hybridized carbons (Fsp3) is 0.333. The van der Waals surface area contributed by atoms with Crippen LogP contribution in [0.1, 0.15) is 37.5 Å². The molecule has 7 nitrogen and oxygen atoms in total. The van der Waals surface area contributed by atoms with Crippen LogP contribution < -0.4 is 9.62 Å². The van der Waals surface area contributed by atoms with Gasteiger partial charge in [0.2, 0.25) is 21.8 Å². The Labute approximate surface area is 226 Å². The number of nitrogens with one attached hydrogen (secondary N) is 1. The largest absolute Gasteiger partial charge is 0.350 e. The molecule has 0 radical (unpaired) electrons. The summed E-state index contributed by atoms with van der Waals surface area (Å²) in [6.45, 7) is 7.29. The molecular formula is C30H37N3O4S. The van der Waals surface area contributed by atoms with Crippen LogP contribution in [-0.2, 0) is 32.6 Å². The molecule has 0 aliphatic heterocycles. The number of amides is 2. The van der Waals surface area contributed by atoms with Gasteiger partial charge in [-0.3, -0.25) is 13.9 Å². The molecule has 2 amide bonds. The fourth-order valence-electron chi connectivity index (χ4n) is 4.11. The Balaban J connectivity index is 2.04. The van der Waals surface area contributed by atoms with Gasteiger partial charge in [-0.05, 0) is 51.0 Å². The van der Waals surface area contributed by atoms with E-state index in [4.69, 9.17) is 0 Å². The highest BCUT2D eigenvalue weighted by atomic mass is 32.2. The lowest BCUT2D eigenvalue weighted by molar-refractivity contribution is -0.140. The van der Waals surface area contributed by atoms with E-state index in [1.807, 2.05) is 88.4 Å². The zero-order valence-electron chi connectivity index (χ0n) is 22.7. The van der Waals surface area contributed by atoms with Crippen molar-refractivity contribution in [1.82, 2.24) is 10.2 Å². The molecule has 1 atom stereocenters. The molecular weight excluding hydrogens is 498 g/mol. The maximum absolute atomic E-state index is 14.0. The predicted octanol–water partition coefficient (Wildman–Crippen LogP) is 4.32. The van der Waals surface area contributed by atoms with Crippen LogP contribution in [0.15, 0.2) is 84.9 Å². The summed E-state index contributed by atoms with van der Waals surface area (Å²) in [6.07, 6.45) is 1.36. The maximum atomic E-state index is 14.0. The van der Waals surface area contributed by atoms with Gasteiger partial charge in [0.15, 0.2) is 0 Å². The number of benzene rings is 3. The van der Waals surface area contributed by atoms with Crippen molar-refractivity contribution in [3.63, 3.8) is 0 Å². The third-order valence-electron chi connectivity index (χ3n) is 5.97. The minimum absolute atomic E-state index is 0.153. The summed E-state index contributed by atoms with van der Waals surface area (Å²) in [5, 5.41) is 3.02. The Bertz CT molecular complexity index is 1320. The van der Waals surface area contributed by atoms with Crippen LogP contribution in [0.5, 0.6) is 0 Å². The topological polar surface area (TPSA) is 86.8 Å². The highest BCUT2D eigenvalue weighted by Gasteiger charge is 2.34. The third-order valence-corrected chi connectivity index (χ3v) is 7.11. The first-order valence-corrected chi connectivity index (χ1v) is 14.4. The van der Waals surface area contributed by atoms with Crippen molar-refractivity contribution in [3.05, 3.63) is 102 Å². The molecule has 8 heteroatoms. The van der Waals surface area contributed by atoms with E-state index < -0.39 is 34.1 Å². The van der Waals surface area contributed by atoms with Crippen LogP contribution in [-0.4, -0.2) is 49.5 Å². The Morgan fingerprint density at radius 3 is 1.87 bits per heavy atom. The minimum atomic E-state index is -3.78. The summed E-state index contributed by atoms with van der Waals surface area (Å²) in [5.74, 6) is -0.767. The van der Waals surface area contributed by atoms with Crippen molar-refractivity contribution < 1.29 is 18.0 Å². The SMILES string of the molecule is Cc1ccc(N(CC(=O)N(Cc2ccccc2)[C@H](Cc2ccccc2)C(=O)NC(C)(C)C)S(C)(=O)=O)cc1. The van der Waals surface area contributed by atoms with Crippen molar-refractivity contribution in [2.45, 2.75) is 52.2 Å². The standard InChI is InChI=1S/C30H37N3O4S/c1-23-16-18-26(19-17-23)33(38(5,36)37)22-28(34)32(21-25-14-10-7-11-15-25)27(29(35)31-30(2,3)4)20-24-12-8-6-9-13-24/h6-19,27H,20-22H2,1-5H3,(H,31,35)/t27-/m1/s1. The lowest BCUT2D eigenvalue weighted by Gasteiger charge is -2.35. The number of hydrogen-bond acceptors (Lipinski definition) is 4. The van der Waals surface area contributed by atoms with E-state index >= 15 is 0 Å². The Morgan fingerprint density at radius 1 is 0.842 bits per heavy atom. The molecule has 3 rings (SSSR count). The van der Waals surface area contributed by atoms with Gasteiger partial charge in [0.1, 0.15) is 12.6 Å². The van der Waals surface area contributed by atoms with Gasteiger partial charge in [-0.1, -0.05) is 78.4 Å². The molecule has 0 unspecified atom stereocenters. The number of rotatable bonds is 10. The third kappa shape index (κ3) is 8.45. The van der Waals surface area contributed by atoms with Crippen molar-refractivity contribution in [3.8, 4) is 0 Å². The van der Waals surface area contributed by atoms with Crippen LogP contribution in [0, 0.1) is 6.92 Å². The summed E-state index contributed by atoms with van der Waals surface area (Å²) in [5.41, 5.74) is 2.58. The first kappa shape index (κ1) is 28.9. The molecule has 0 saturated heterocycles. The van der Waals surface area contributed by atoms with Crippen LogP contribution in [0.25, 0.3) is 0 Å². The molecule has 0 spiro atoms. The summed E-state index contributed by atoms with van der Waals surface area (Å²) in [6, 6.07) is 25.0. The van der Waals surface area contributed by atoms with Gasteiger partial charge < -0.3 is 10.2 Å². The lowest BCUT2D eigenvalue weighted by Crippen LogP contribution is -2.56. The van der Waals surface area contributed by atoms with E-state index in [-0.39, 0.29) is 18.9 Å². The minimum Gasteiger partial charge on any atom is -0.350 e. The van der Waals surface area contributed by atoms with E-state index in [1.165, 1.54) is 4.90 Å². The first-order valence-electron chi connectivity index (χ1n) is 12.6. The van der Waals surface area contributed by atoms with Crippen molar-refractivity contribution >= 4 is 27.5 Å². The molecule has 38 heavy (non-hydrogen) atoms. The van der Waals surface area contributed by atoms with Gasteiger partial charge in [0, 0.05) is 18.5 Å². The van der Waals surface area contributed by atoms with Crippen molar-refractivity contribution in [1.29, 1.82) is 0 Å². The average molecular weight is 536 g/mol. The zero-order chi connectivity index (χ0) is 27.9. The second-order valence-electron chi connectivity index (χ2n) is 10.6. The zero-order valence-corrected chi connectivity index (χ0v) is 23.5. The monoisotopic (exact) mass is 535 g/mol. The fourth-order valence-corrected chi connectivity index (χ4v) is 4.96. The molecule has 1 N–H and O–H groups in total. The Hall–Kier alpha value is -3.65. The number of carbonyl (C=O) groups is 2. The van der Waals surface area contributed by atoms with E-state index in [0.29, 0.717) is 5.69 Å². The second kappa shape index (κ2) is 12.3. The predicted molar refractivity (Wildman–Crippen MR) is 152 cm³/mol. The van der Waals surface area contributed by atoms with E-state index in [2.05, 4.69) is 5.32 Å². The highest BCUT2D eigenvalue weighted by molar-refractivity contribution is 7.92. The van der Waals surface area contributed by atoms with Crippen LogP contribution >= 0.6 is 0 Å². The second-order valence-corrected chi connectivity index (χ2v) is 12.5. The smallest absolute Gasteiger partial charge is 0.244 e. The van der Waals surface area contributed by atoms with Gasteiger partial charge in [0.25, 0.3) is 0 Å². The highest BCUT2D eigenvalue weighted by Crippen LogP contribution is 2.21. The van der Waals surface area contributed by atoms with Gasteiger partial charge >= 0.3 is 0 Å². The average Bonchev–Trinajstić information content (AvgIpc) is 2.84. The lowest BCUT2D eigenvalue weighted by atomic mass is 10.0. The number of aryl methyl sites for hydroxylation is 1. The Morgan fingerprint density at radius 2 is 1.37 bits per heavy atom. The number of nitrogens with zero attached hydrogens (tertiary/aromatic N) is 2. The summed E-state index contributed by atoms with van der Waals surface area (Å²) in [4.78, 5) is 29.1. The molecule has 0 saturated carbocycles. The van der Waals surface area contributed by atoms with E-state index in [0.717, 1.165) is 27.3 Å². The Kier molecular flexibility index (Phi) is 9.33. The number of carbonyl (C=O) groups excluding carboxylic acids is 2. The van der Waals surface area contributed by atoms with Crippen LogP contribution in [0.4, 0.5) is 5.69 Å². The van der Waals surface area contributed by atoms with Crippen molar-refractivity contribution in [2.75, 3.05) is 17.1 Å². The molecule has 202 valence electrons. The molecule has 0 fully saturated rings. The molecule has 3 aromatic carbocycles. The maximum Gasteiger partial charge on any atom is 0.244 e. The van der Waals surface area contributed by atoms with E-state index in [9.17, 15) is 18.0 Å². The van der Waals surface area contributed by atoms with Gasteiger partial charge in [-0.15, -0.1) is 0 Å². The molecule has 0 heterocycles.